The minimum absolute atomic E-state index is 0.898. The van der Waals surface area contributed by atoms with Crippen LogP contribution in [0.4, 0.5) is 0 Å². The molecule has 3 aromatic rings. The molecule has 0 bridgehead atoms. The molecule has 0 aliphatic heterocycles. The Hall–Kier alpha value is -1.45. The van der Waals surface area contributed by atoms with E-state index in [9.17, 15) is 4.55 Å². The molecule has 1 N–H and O–H groups in total. The van der Waals surface area contributed by atoms with E-state index in [1.807, 2.05) is 29.6 Å². The fourth-order valence-electron chi connectivity index (χ4n) is 1.72. The molecule has 0 saturated carbocycles. The van der Waals surface area contributed by atoms with Gasteiger partial charge in [-0.05, 0) is 21.2 Å². The van der Waals surface area contributed by atoms with E-state index in [1.54, 1.807) is 0 Å². The third kappa shape index (κ3) is 1.03. The first kappa shape index (κ1) is 7.91. The lowest BCUT2D eigenvalue weighted by molar-refractivity contribution is 0.636. The van der Waals surface area contributed by atoms with Gasteiger partial charge in [0.25, 0.3) is 10.9 Å². The van der Waals surface area contributed by atoms with Crippen molar-refractivity contribution in [2.45, 2.75) is 0 Å². The molecule has 2 nitrogen and oxygen atoms in total. The maximum atomic E-state index is 9.42. The van der Waals surface area contributed by atoms with E-state index in [1.165, 1.54) is 5.39 Å². The van der Waals surface area contributed by atoms with Crippen LogP contribution in [0, 0.1) is 0 Å². The first-order valence-corrected chi connectivity index (χ1v) is 5.55. The Labute approximate surface area is 83.8 Å². The Morgan fingerprint density at radius 3 is 2.79 bits per heavy atom. The summed E-state index contributed by atoms with van der Waals surface area (Å²) >= 11 is 0. The second-order valence-electron chi connectivity index (χ2n) is 3.22. The summed E-state index contributed by atoms with van der Waals surface area (Å²) in [5.74, 6) is 0. The number of nitrogens with zero attached hydrogens (tertiary/aromatic N) is 1. The van der Waals surface area contributed by atoms with Crippen LogP contribution in [-0.4, -0.2) is 8.93 Å². The third-order valence-electron chi connectivity index (χ3n) is 2.36. The van der Waals surface area contributed by atoms with Crippen molar-refractivity contribution in [2.24, 2.45) is 0 Å². The smallest absolute Gasteiger partial charge is 0.143 e. The Kier molecular flexibility index (Phi) is 1.56. The van der Waals surface area contributed by atoms with Gasteiger partial charge in [0.05, 0.1) is 5.39 Å². The van der Waals surface area contributed by atoms with Crippen molar-refractivity contribution in [2.75, 3.05) is 0 Å². The molecule has 2 aromatic carbocycles. The molecule has 0 amide bonds. The van der Waals surface area contributed by atoms with Gasteiger partial charge in [-0.2, -0.15) is 0 Å². The van der Waals surface area contributed by atoms with E-state index in [0.29, 0.717) is 0 Å². The van der Waals surface area contributed by atoms with Crippen LogP contribution in [0.15, 0.2) is 41.8 Å². The molecule has 0 fully saturated rings. The summed E-state index contributed by atoms with van der Waals surface area (Å²) in [6.45, 7) is 0. The van der Waals surface area contributed by atoms with Gasteiger partial charge in [0.1, 0.15) is 5.52 Å². The molecule has 1 aromatic heterocycles. The molecule has 0 spiro atoms. The molecule has 14 heavy (non-hydrogen) atoms. The van der Waals surface area contributed by atoms with Gasteiger partial charge < -0.3 is 0 Å². The summed E-state index contributed by atoms with van der Waals surface area (Å²) in [7, 11) is -0.925. The largest absolute Gasteiger partial charge is 0.258 e. The zero-order chi connectivity index (χ0) is 9.54. The number of fused-ring (bicyclic) bond motifs is 3. The molecule has 3 rings (SSSR count). The fourth-order valence-corrected chi connectivity index (χ4v) is 2.59. The van der Waals surface area contributed by atoms with Crippen molar-refractivity contribution < 1.29 is 4.55 Å². The highest BCUT2D eigenvalue weighted by Gasteiger charge is 2.11. The maximum absolute atomic E-state index is 9.42. The van der Waals surface area contributed by atoms with E-state index >= 15 is 0 Å². The van der Waals surface area contributed by atoms with Crippen molar-refractivity contribution in [3.63, 3.8) is 0 Å². The molecule has 0 radical (unpaired) electrons. The van der Waals surface area contributed by atoms with E-state index in [2.05, 4.69) is 16.5 Å². The monoisotopic (exact) mass is 202 g/mol. The maximum Gasteiger partial charge on any atom is 0.258 e. The molecule has 1 atom stereocenters. The van der Waals surface area contributed by atoms with Crippen molar-refractivity contribution in [1.29, 1.82) is 0 Å². The van der Waals surface area contributed by atoms with Crippen LogP contribution in [0.25, 0.3) is 21.7 Å². The molecule has 3 heteroatoms. The SMILES string of the molecule is O[s+]1cc2c(ccc3ccccc32)n1. The van der Waals surface area contributed by atoms with E-state index in [-0.39, 0.29) is 0 Å². The lowest BCUT2D eigenvalue weighted by atomic mass is 10.1. The fraction of sp³-hybridized carbons (Fsp3) is 0. The van der Waals surface area contributed by atoms with Crippen molar-refractivity contribution in [1.82, 2.24) is 4.37 Å². The van der Waals surface area contributed by atoms with Crippen LogP contribution in [0.5, 0.6) is 0 Å². The zero-order valence-electron chi connectivity index (χ0n) is 7.34. The number of hydrogen-bond donors (Lipinski definition) is 1. The highest BCUT2D eigenvalue weighted by Crippen LogP contribution is 2.28. The normalized spacial score (nSPS) is 12.5. The van der Waals surface area contributed by atoms with Crippen LogP contribution in [0.1, 0.15) is 0 Å². The van der Waals surface area contributed by atoms with Gasteiger partial charge in [-0.1, -0.05) is 30.3 Å². The predicted molar refractivity (Wildman–Crippen MR) is 59.1 cm³/mol. The number of rotatable bonds is 0. The van der Waals surface area contributed by atoms with Crippen LogP contribution in [0.2, 0.25) is 0 Å². The lowest BCUT2D eigenvalue weighted by Gasteiger charge is -1.94. The Morgan fingerprint density at radius 1 is 1.00 bits per heavy atom. The summed E-state index contributed by atoms with van der Waals surface area (Å²) in [4.78, 5) is 0. The minimum atomic E-state index is -0.925. The summed E-state index contributed by atoms with van der Waals surface area (Å²) in [6, 6.07) is 12.1. The summed E-state index contributed by atoms with van der Waals surface area (Å²) < 4.78 is 13.5. The van der Waals surface area contributed by atoms with Crippen molar-refractivity contribution in [3.05, 3.63) is 41.8 Å². The first-order chi connectivity index (χ1) is 6.84. The molecular weight excluding hydrogens is 194 g/mol. The number of hydrogen-bond acceptors (Lipinski definition) is 2. The molecule has 0 aliphatic carbocycles. The number of benzene rings is 2. The highest BCUT2D eigenvalue weighted by molar-refractivity contribution is 7.19. The first-order valence-electron chi connectivity index (χ1n) is 4.35. The quantitative estimate of drug-likeness (QED) is 0.567. The van der Waals surface area contributed by atoms with Gasteiger partial charge in [0.15, 0.2) is 0 Å². The molecule has 1 unspecified atom stereocenters. The molecule has 0 aliphatic rings. The van der Waals surface area contributed by atoms with Crippen molar-refractivity contribution >= 4 is 32.6 Å². The Morgan fingerprint density at radius 2 is 1.86 bits per heavy atom. The van der Waals surface area contributed by atoms with E-state index in [4.69, 9.17) is 0 Å². The molecule has 68 valence electrons. The third-order valence-corrected chi connectivity index (χ3v) is 3.19. The second kappa shape index (κ2) is 2.77. The standard InChI is InChI=1S/C11H8NOS/c13-14-7-10-9-4-2-1-3-8(9)5-6-11(10)12-14/h1-7,13H/q+1. The van der Waals surface area contributed by atoms with Crippen LogP contribution < -0.4 is 0 Å². The highest BCUT2D eigenvalue weighted by atomic mass is 32.2. The van der Waals surface area contributed by atoms with Crippen LogP contribution >= 0.6 is 10.9 Å². The van der Waals surface area contributed by atoms with Gasteiger partial charge >= 0.3 is 0 Å². The van der Waals surface area contributed by atoms with Gasteiger partial charge in [-0.25, -0.2) is 0 Å². The van der Waals surface area contributed by atoms with Crippen molar-refractivity contribution in [3.8, 4) is 0 Å². The predicted octanol–water partition coefficient (Wildman–Crippen LogP) is 3.27. The van der Waals surface area contributed by atoms with E-state index in [0.717, 1.165) is 16.3 Å². The van der Waals surface area contributed by atoms with Gasteiger partial charge in [0.2, 0.25) is 5.38 Å². The average Bonchev–Trinajstić information content (AvgIpc) is 2.59. The average molecular weight is 202 g/mol. The van der Waals surface area contributed by atoms with E-state index < -0.39 is 10.9 Å². The van der Waals surface area contributed by atoms with Gasteiger partial charge in [-0.3, -0.25) is 0 Å². The molecular formula is C11H8NOS+. The number of aromatic nitrogens is 1. The second-order valence-corrected chi connectivity index (χ2v) is 4.22. The Bertz CT molecular complexity index is 615. The molecule has 1 heterocycles. The summed E-state index contributed by atoms with van der Waals surface area (Å²) in [5, 5.41) is 5.24. The lowest BCUT2D eigenvalue weighted by Crippen LogP contribution is -1.72. The topological polar surface area (TPSA) is 33.1 Å². The minimum Gasteiger partial charge on any atom is -0.143 e. The molecule has 0 saturated heterocycles. The van der Waals surface area contributed by atoms with Crippen LogP contribution in [-0.2, 0) is 0 Å². The van der Waals surface area contributed by atoms with Gasteiger partial charge in [0, 0.05) is 0 Å². The summed E-state index contributed by atoms with van der Waals surface area (Å²) in [6.07, 6.45) is 0. The summed E-state index contributed by atoms with van der Waals surface area (Å²) in [5.41, 5.74) is 0.898. The zero-order valence-corrected chi connectivity index (χ0v) is 8.16. The Balaban J connectivity index is 2.60. The van der Waals surface area contributed by atoms with Crippen LogP contribution in [0.3, 0.4) is 0 Å². The van der Waals surface area contributed by atoms with Gasteiger partial charge in [-0.15, -0.1) is 4.55 Å².